The van der Waals surface area contributed by atoms with Crippen molar-refractivity contribution in [1.82, 2.24) is 0 Å². The van der Waals surface area contributed by atoms with Crippen LogP contribution in [0.4, 0.5) is 4.39 Å². The van der Waals surface area contributed by atoms with Crippen molar-refractivity contribution in [2.24, 2.45) is 0 Å². The molecule has 120 valence electrons. The summed E-state index contributed by atoms with van der Waals surface area (Å²) in [4.78, 5) is 11.5. The quantitative estimate of drug-likeness (QED) is 0.683. The molecule has 0 aromatic heterocycles. The number of halogens is 1. The Kier molecular flexibility index (Phi) is 5.83. The van der Waals surface area contributed by atoms with Crippen LogP contribution in [-0.2, 0) is 4.79 Å². The molecule has 2 aromatic rings. The first kappa shape index (κ1) is 17.4. The van der Waals surface area contributed by atoms with E-state index in [-0.39, 0.29) is 11.3 Å². The summed E-state index contributed by atoms with van der Waals surface area (Å²) in [7, 11) is 0. The van der Waals surface area contributed by atoms with E-state index in [4.69, 9.17) is 15.1 Å². The predicted octanol–water partition coefficient (Wildman–Crippen LogP) is 3.28. The molecule has 0 bridgehead atoms. The summed E-state index contributed by atoms with van der Waals surface area (Å²) in [5.41, 5.74) is 0.887. The van der Waals surface area contributed by atoms with Crippen molar-refractivity contribution in [3.05, 3.63) is 58.9 Å². The van der Waals surface area contributed by atoms with Gasteiger partial charge >= 0.3 is 5.97 Å². The maximum atomic E-state index is 13.8. The molecule has 0 spiro atoms. The number of carbonyl (C=O) groups is 1. The Hall–Kier alpha value is -2.96. The fraction of sp³-hybridized carbons (Fsp3) is 0.111. The average Bonchev–Trinajstić information content (AvgIpc) is 2.59. The first-order valence-corrected chi connectivity index (χ1v) is 8.00. The number of hydrogen-bond donors (Lipinski definition) is 1. The van der Waals surface area contributed by atoms with Crippen LogP contribution in [0.2, 0.25) is 0 Å². The highest BCUT2D eigenvalue weighted by Crippen LogP contribution is 2.21. The molecule has 0 amide bonds. The molecule has 0 radical (unpaired) electrons. The number of carboxylic acid groups (broad SMARTS) is 1. The summed E-state index contributed by atoms with van der Waals surface area (Å²) in [5, 5.41) is 17.7. The SMILES string of the molecule is CSc1ccc(F)c(C#Cc2cc(C#N)ccc2OCC(=O)O)c1. The van der Waals surface area contributed by atoms with Crippen molar-refractivity contribution in [2.75, 3.05) is 12.9 Å². The molecule has 2 aromatic carbocycles. The largest absolute Gasteiger partial charge is 0.481 e. The van der Waals surface area contributed by atoms with Crippen LogP contribution in [0.25, 0.3) is 0 Å². The number of benzene rings is 2. The normalized spacial score (nSPS) is 9.54. The maximum Gasteiger partial charge on any atom is 0.341 e. The molecule has 0 aliphatic heterocycles. The summed E-state index contributed by atoms with van der Waals surface area (Å²) in [6, 6.07) is 11.0. The number of hydrogen-bond acceptors (Lipinski definition) is 4. The molecule has 6 heteroatoms. The van der Waals surface area contributed by atoms with Crippen molar-refractivity contribution in [2.45, 2.75) is 4.90 Å². The average molecular weight is 341 g/mol. The number of aliphatic carboxylic acids is 1. The Balaban J connectivity index is 2.41. The van der Waals surface area contributed by atoms with E-state index in [9.17, 15) is 9.18 Å². The van der Waals surface area contributed by atoms with E-state index in [2.05, 4.69) is 11.8 Å². The van der Waals surface area contributed by atoms with Crippen LogP contribution in [0.1, 0.15) is 16.7 Å². The molecule has 24 heavy (non-hydrogen) atoms. The number of rotatable bonds is 4. The lowest BCUT2D eigenvalue weighted by molar-refractivity contribution is -0.139. The second-order valence-corrected chi connectivity index (χ2v) is 5.48. The third-order valence-corrected chi connectivity index (χ3v) is 3.69. The number of nitrogens with zero attached hydrogens (tertiary/aromatic N) is 1. The highest BCUT2D eigenvalue weighted by atomic mass is 32.2. The zero-order chi connectivity index (χ0) is 17.5. The van der Waals surface area contributed by atoms with Crippen molar-refractivity contribution in [3.63, 3.8) is 0 Å². The van der Waals surface area contributed by atoms with Gasteiger partial charge in [0, 0.05) is 4.90 Å². The Labute approximate surface area is 142 Å². The molecule has 0 unspecified atom stereocenters. The van der Waals surface area contributed by atoms with Gasteiger partial charge in [0.15, 0.2) is 6.61 Å². The zero-order valence-corrected chi connectivity index (χ0v) is 13.5. The molecule has 0 saturated carbocycles. The second kappa shape index (κ2) is 8.05. The van der Waals surface area contributed by atoms with E-state index >= 15 is 0 Å². The monoisotopic (exact) mass is 341 g/mol. The molecule has 0 fully saturated rings. The Morgan fingerprint density at radius 2 is 2.00 bits per heavy atom. The van der Waals surface area contributed by atoms with Gasteiger partial charge in [0.05, 0.1) is 22.8 Å². The molecule has 0 saturated heterocycles. The van der Waals surface area contributed by atoms with E-state index in [1.807, 2.05) is 12.3 Å². The smallest absolute Gasteiger partial charge is 0.341 e. The van der Waals surface area contributed by atoms with E-state index in [0.717, 1.165) is 4.90 Å². The van der Waals surface area contributed by atoms with Crippen molar-refractivity contribution in [1.29, 1.82) is 5.26 Å². The topological polar surface area (TPSA) is 70.3 Å². The molecule has 0 aliphatic carbocycles. The van der Waals surface area contributed by atoms with Crippen LogP contribution in [-0.4, -0.2) is 23.9 Å². The minimum absolute atomic E-state index is 0.216. The molecular weight excluding hydrogens is 329 g/mol. The van der Waals surface area contributed by atoms with Gasteiger partial charge in [-0.15, -0.1) is 11.8 Å². The van der Waals surface area contributed by atoms with Gasteiger partial charge in [0.25, 0.3) is 0 Å². The fourth-order valence-corrected chi connectivity index (χ4v) is 2.26. The molecule has 4 nitrogen and oxygen atoms in total. The van der Waals surface area contributed by atoms with Gasteiger partial charge in [0.2, 0.25) is 0 Å². The lowest BCUT2D eigenvalue weighted by Crippen LogP contribution is -2.10. The summed E-state index contributed by atoms with van der Waals surface area (Å²) in [6.07, 6.45) is 1.87. The lowest BCUT2D eigenvalue weighted by atomic mass is 10.1. The number of nitriles is 1. The molecule has 0 aliphatic rings. The highest BCUT2D eigenvalue weighted by Gasteiger charge is 2.06. The van der Waals surface area contributed by atoms with Gasteiger partial charge in [-0.05, 0) is 42.7 Å². The van der Waals surface area contributed by atoms with Crippen LogP contribution in [0.5, 0.6) is 5.75 Å². The lowest BCUT2D eigenvalue weighted by Gasteiger charge is -2.06. The van der Waals surface area contributed by atoms with Gasteiger partial charge in [-0.25, -0.2) is 9.18 Å². The highest BCUT2D eigenvalue weighted by molar-refractivity contribution is 7.98. The molecule has 0 heterocycles. The maximum absolute atomic E-state index is 13.8. The van der Waals surface area contributed by atoms with Crippen molar-refractivity contribution >= 4 is 17.7 Å². The first-order chi connectivity index (χ1) is 11.5. The summed E-state index contributed by atoms with van der Waals surface area (Å²) in [6.45, 7) is -0.531. The fourth-order valence-electron chi connectivity index (χ4n) is 1.82. The van der Waals surface area contributed by atoms with E-state index in [1.54, 1.807) is 12.1 Å². The number of carboxylic acids is 1. The second-order valence-electron chi connectivity index (χ2n) is 4.60. The van der Waals surface area contributed by atoms with Gasteiger partial charge < -0.3 is 9.84 Å². The van der Waals surface area contributed by atoms with Crippen molar-refractivity contribution < 1.29 is 19.0 Å². The standard InChI is InChI=1S/C18H12FNO3S/c1-24-15-5-6-16(19)13(9-15)3-4-14-8-12(10-20)2-7-17(14)23-11-18(21)22/h2,5-9H,11H2,1H3,(H,21,22). The third-order valence-electron chi connectivity index (χ3n) is 2.97. The minimum atomic E-state index is -1.13. The van der Waals surface area contributed by atoms with Crippen LogP contribution >= 0.6 is 11.8 Å². The van der Waals surface area contributed by atoms with Gasteiger partial charge in [-0.1, -0.05) is 11.8 Å². The van der Waals surface area contributed by atoms with E-state index < -0.39 is 18.4 Å². The van der Waals surface area contributed by atoms with Crippen molar-refractivity contribution in [3.8, 4) is 23.7 Å². The summed E-state index contributed by atoms with van der Waals surface area (Å²) in [5.74, 6) is 4.11. The molecule has 1 N–H and O–H groups in total. The third kappa shape index (κ3) is 4.52. The van der Waals surface area contributed by atoms with E-state index in [0.29, 0.717) is 11.1 Å². The minimum Gasteiger partial charge on any atom is -0.481 e. The molecular formula is C18H12FNO3S. The molecule has 0 atom stereocenters. The Morgan fingerprint density at radius 3 is 2.67 bits per heavy atom. The van der Waals surface area contributed by atoms with Crippen LogP contribution in [0, 0.1) is 29.0 Å². The van der Waals surface area contributed by atoms with Crippen LogP contribution < -0.4 is 4.74 Å². The van der Waals surface area contributed by atoms with Gasteiger partial charge in [0.1, 0.15) is 11.6 Å². The van der Waals surface area contributed by atoms with E-state index in [1.165, 1.54) is 36.0 Å². The Bertz CT molecular complexity index is 878. The van der Waals surface area contributed by atoms with Crippen LogP contribution in [0.15, 0.2) is 41.3 Å². The predicted molar refractivity (Wildman–Crippen MR) is 88.4 cm³/mol. The summed E-state index contributed by atoms with van der Waals surface area (Å²) >= 11 is 1.47. The molecule has 2 rings (SSSR count). The Morgan fingerprint density at radius 1 is 1.25 bits per heavy atom. The van der Waals surface area contributed by atoms with Crippen LogP contribution in [0.3, 0.4) is 0 Å². The number of ether oxygens (including phenoxy) is 1. The van der Waals surface area contributed by atoms with Gasteiger partial charge in [-0.2, -0.15) is 5.26 Å². The summed E-state index contributed by atoms with van der Waals surface area (Å²) < 4.78 is 19.0. The number of thioether (sulfide) groups is 1. The first-order valence-electron chi connectivity index (χ1n) is 6.78. The van der Waals surface area contributed by atoms with Gasteiger partial charge in [-0.3, -0.25) is 0 Å². The zero-order valence-electron chi connectivity index (χ0n) is 12.7.